The summed E-state index contributed by atoms with van der Waals surface area (Å²) in [7, 11) is 0. The molecule has 0 saturated carbocycles. The Kier molecular flexibility index (Phi) is 5.48. The molecule has 136 valence electrons. The van der Waals surface area contributed by atoms with Crippen molar-refractivity contribution in [2.75, 3.05) is 6.61 Å². The summed E-state index contributed by atoms with van der Waals surface area (Å²) in [6, 6.07) is 8.12. The molecular formula is C19H19NO6. The second kappa shape index (κ2) is 7.97. The number of amides is 1. The Balaban J connectivity index is 1.80. The summed E-state index contributed by atoms with van der Waals surface area (Å²) in [6.45, 7) is -0.0882. The van der Waals surface area contributed by atoms with Gasteiger partial charge in [-0.3, -0.25) is 14.5 Å². The number of aliphatic hydroxyl groups is 1. The van der Waals surface area contributed by atoms with Crippen LogP contribution >= 0.6 is 0 Å². The molecule has 1 aromatic rings. The molecular weight excluding hydrogens is 338 g/mol. The SMILES string of the molecule is O=C/C(C/C=C/CO)=C1\O[C@@H]2CC(=O)N2C1C(=O)OCc1ccccc1. The summed E-state index contributed by atoms with van der Waals surface area (Å²) >= 11 is 0. The van der Waals surface area contributed by atoms with Crippen LogP contribution in [-0.2, 0) is 30.5 Å². The minimum absolute atomic E-state index is 0.0665. The van der Waals surface area contributed by atoms with E-state index >= 15 is 0 Å². The summed E-state index contributed by atoms with van der Waals surface area (Å²) in [5.74, 6) is -0.704. The average molecular weight is 357 g/mol. The van der Waals surface area contributed by atoms with Gasteiger partial charge in [0.05, 0.1) is 13.0 Å². The van der Waals surface area contributed by atoms with Crippen LogP contribution in [0.15, 0.2) is 53.8 Å². The molecule has 0 spiro atoms. The summed E-state index contributed by atoms with van der Waals surface area (Å²) in [5, 5.41) is 8.82. The number of nitrogens with zero attached hydrogens (tertiary/aromatic N) is 1. The number of benzene rings is 1. The summed E-state index contributed by atoms with van der Waals surface area (Å²) in [4.78, 5) is 37.3. The van der Waals surface area contributed by atoms with Crippen molar-refractivity contribution in [3.8, 4) is 0 Å². The topological polar surface area (TPSA) is 93.1 Å². The minimum atomic E-state index is -1.05. The highest BCUT2D eigenvalue weighted by molar-refractivity contribution is 5.93. The molecule has 2 saturated heterocycles. The number of ether oxygens (including phenoxy) is 2. The van der Waals surface area contributed by atoms with Crippen LogP contribution in [0.2, 0.25) is 0 Å². The molecule has 0 aromatic heterocycles. The second-order valence-corrected chi connectivity index (χ2v) is 5.94. The van der Waals surface area contributed by atoms with Gasteiger partial charge in [-0.2, -0.15) is 0 Å². The lowest BCUT2D eigenvalue weighted by Gasteiger charge is -2.33. The average Bonchev–Trinajstić information content (AvgIpc) is 2.97. The maximum Gasteiger partial charge on any atom is 0.337 e. The molecule has 2 aliphatic rings. The molecule has 1 aromatic carbocycles. The van der Waals surface area contributed by atoms with E-state index in [1.54, 1.807) is 6.08 Å². The van der Waals surface area contributed by atoms with Crippen LogP contribution in [0.3, 0.4) is 0 Å². The zero-order valence-corrected chi connectivity index (χ0v) is 14.0. The number of hydrogen-bond donors (Lipinski definition) is 1. The molecule has 2 heterocycles. The molecule has 2 fully saturated rings. The Morgan fingerprint density at radius 1 is 1.31 bits per heavy atom. The van der Waals surface area contributed by atoms with Crippen molar-refractivity contribution in [2.24, 2.45) is 0 Å². The van der Waals surface area contributed by atoms with E-state index in [4.69, 9.17) is 14.6 Å². The largest absolute Gasteiger partial charge is 0.471 e. The van der Waals surface area contributed by atoms with Gasteiger partial charge < -0.3 is 14.6 Å². The van der Waals surface area contributed by atoms with Gasteiger partial charge in [-0.05, 0) is 12.0 Å². The molecule has 1 unspecified atom stereocenters. The van der Waals surface area contributed by atoms with E-state index in [2.05, 4.69) is 0 Å². The first-order chi connectivity index (χ1) is 12.7. The molecule has 2 atom stereocenters. The number of esters is 1. The fraction of sp³-hybridized carbons (Fsp3) is 0.316. The van der Waals surface area contributed by atoms with Crippen molar-refractivity contribution < 1.29 is 29.0 Å². The maximum absolute atomic E-state index is 12.6. The van der Waals surface area contributed by atoms with Crippen LogP contribution in [0, 0.1) is 0 Å². The highest BCUT2D eigenvalue weighted by atomic mass is 16.6. The van der Waals surface area contributed by atoms with Crippen molar-refractivity contribution in [3.63, 3.8) is 0 Å². The fourth-order valence-corrected chi connectivity index (χ4v) is 2.92. The van der Waals surface area contributed by atoms with Gasteiger partial charge in [0, 0.05) is 5.57 Å². The van der Waals surface area contributed by atoms with E-state index in [1.807, 2.05) is 30.3 Å². The third-order valence-corrected chi connectivity index (χ3v) is 4.25. The van der Waals surface area contributed by atoms with Crippen LogP contribution in [-0.4, -0.2) is 47.0 Å². The molecule has 0 bridgehead atoms. The number of carbonyl (C=O) groups excluding carboxylic acids is 3. The van der Waals surface area contributed by atoms with E-state index in [-0.39, 0.29) is 43.3 Å². The van der Waals surface area contributed by atoms with Crippen molar-refractivity contribution in [1.82, 2.24) is 4.90 Å². The summed E-state index contributed by atoms with van der Waals surface area (Å²) in [6.07, 6.45) is 3.51. The van der Waals surface area contributed by atoms with E-state index < -0.39 is 18.2 Å². The van der Waals surface area contributed by atoms with Crippen LogP contribution in [0.4, 0.5) is 0 Å². The molecule has 1 N–H and O–H groups in total. The molecule has 7 heteroatoms. The van der Waals surface area contributed by atoms with Crippen LogP contribution in [0.1, 0.15) is 18.4 Å². The van der Waals surface area contributed by atoms with Crippen LogP contribution in [0.25, 0.3) is 0 Å². The van der Waals surface area contributed by atoms with Gasteiger partial charge in [-0.15, -0.1) is 0 Å². The highest BCUT2D eigenvalue weighted by Gasteiger charge is 2.55. The first-order valence-electron chi connectivity index (χ1n) is 8.28. The smallest absolute Gasteiger partial charge is 0.337 e. The molecule has 0 aliphatic carbocycles. The Bertz CT molecular complexity index is 755. The lowest BCUT2D eigenvalue weighted by Crippen LogP contribution is -2.55. The third kappa shape index (κ3) is 3.52. The van der Waals surface area contributed by atoms with Gasteiger partial charge in [0.15, 0.2) is 12.3 Å². The van der Waals surface area contributed by atoms with E-state index in [0.29, 0.717) is 6.29 Å². The van der Waals surface area contributed by atoms with Gasteiger partial charge >= 0.3 is 5.97 Å². The zero-order valence-electron chi connectivity index (χ0n) is 14.0. The molecule has 0 radical (unpaired) electrons. The number of fused-ring (bicyclic) bond motifs is 1. The lowest BCUT2D eigenvalue weighted by molar-refractivity contribution is -0.166. The number of aldehydes is 1. The predicted molar refractivity (Wildman–Crippen MR) is 90.3 cm³/mol. The number of hydrogen-bond acceptors (Lipinski definition) is 6. The number of rotatable bonds is 7. The number of aliphatic hydroxyl groups excluding tert-OH is 1. The Morgan fingerprint density at radius 2 is 2.08 bits per heavy atom. The molecule has 7 nitrogen and oxygen atoms in total. The van der Waals surface area contributed by atoms with Crippen LogP contribution in [0.5, 0.6) is 0 Å². The number of allylic oxidation sites excluding steroid dienone is 2. The maximum atomic E-state index is 12.6. The van der Waals surface area contributed by atoms with Crippen molar-refractivity contribution in [3.05, 3.63) is 59.4 Å². The highest BCUT2D eigenvalue weighted by Crippen LogP contribution is 2.38. The molecule has 3 rings (SSSR count). The Morgan fingerprint density at radius 3 is 2.73 bits per heavy atom. The standard InChI is InChI=1S/C19H19NO6/c21-9-5-4-8-14(11-22)18-17(20-15(23)10-16(20)26-18)19(24)25-12-13-6-2-1-3-7-13/h1-7,11,16-17,21H,8-10,12H2/b5-4+,18-14-/t16-,17?/m1/s1. The molecule has 26 heavy (non-hydrogen) atoms. The Labute approximate surface area is 150 Å². The van der Waals surface area contributed by atoms with Crippen molar-refractivity contribution >= 4 is 18.2 Å². The monoisotopic (exact) mass is 357 g/mol. The van der Waals surface area contributed by atoms with E-state index in [0.717, 1.165) is 5.56 Å². The fourth-order valence-electron chi connectivity index (χ4n) is 2.92. The number of carbonyl (C=O) groups is 3. The van der Waals surface area contributed by atoms with Gasteiger partial charge in [0.1, 0.15) is 18.7 Å². The third-order valence-electron chi connectivity index (χ3n) is 4.25. The first kappa shape index (κ1) is 17.9. The summed E-state index contributed by atoms with van der Waals surface area (Å²) < 4.78 is 11.0. The van der Waals surface area contributed by atoms with Gasteiger partial charge in [-0.25, -0.2) is 4.79 Å². The molecule has 2 aliphatic heterocycles. The summed E-state index contributed by atoms with van der Waals surface area (Å²) in [5.41, 5.74) is 1.07. The van der Waals surface area contributed by atoms with Crippen molar-refractivity contribution in [2.45, 2.75) is 31.7 Å². The van der Waals surface area contributed by atoms with Crippen LogP contribution < -0.4 is 0 Å². The second-order valence-electron chi connectivity index (χ2n) is 5.94. The van der Waals surface area contributed by atoms with E-state index in [9.17, 15) is 14.4 Å². The predicted octanol–water partition coefficient (Wildman–Crippen LogP) is 1.08. The van der Waals surface area contributed by atoms with Gasteiger partial charge in [0.25, 0.3) is 0 Å². The van der Waals surface area contributed by atoms with E-state index in [1.165, 1.54) is 11.0 Å². The minimum Gasteiger partial charge on any atom is -0.471 e. The zero-order chi connectivity index (χ0) is 18.5. The number of β-lactam (4-membered cyclic amide) rings is 1. The lowest BCUT2D eigenvalue weighted by atomic mass is 10.0. The van der Waals surface area contributed by atoms with Gasteiger partial charge in [0.2, 0.25) is 5.91 Å². The molecule has 1 amide bonds. The van der Waals surface area contributed by atoms with Gasteiger partial charge in [-0.1, -0.05) is 42.5 Å². The normalized spacial score (nSPS) is 23.3. The first-order valence-corrected chi connectivity index (χ1v) is 8.28. The quantitative estimate of drug-likeness (QED) is 0.258. The Hall–Kier alpha value is -2.93. The van der Waals surface area contributed by atoms with Crippen molar-refractivity contribution in [1.29, 1.82) is 0 Å².